The Balaban J connectivity index is 1.31. The monoisotopic (exact) mass is 521 g/mol. The Bertz CT molecular complexity index is 1390. The third-order valence-electron chi connectivity index (χ3n) is 5.74. The van der Waals surface area contributed by atoms with E-state index >= 15 is 0 Å². The largest absolute Gasteiger partial charge is 0.480 e. The van der Waals surface area contributed by atoms with E-state index in [0.29, 0.717) is 28.8 Å². The quantitative estimate of drug-likeness (QED) is 0.188. The molecule has 0 aliphatic heterocycles. The average molecular weight is 522 g/mol. The number of benzene rings is 1. The van der Waals surface area contributed by atoms with Gasteiger partial charge in [-0.15, -0.1) is 11.3 Å². The van der Waals surface area contributed by atoms with E-state index in [9.17, 15) is 19.5 Å². The van der Waals surface area contributed by atoms with Gasteiger partial charge in [0.15, 0.2) is 0 Å². The Labute approximate surface area is 216 Å². The van der Waals surface area contributed by atoms with Gasteiger partial charge in [-0.2, -0.15) is 5.10 Å². The minimum Gasteiger partial charge on any atom is -0.480 e. The van der Waals surface area contributed by atoms with Crippen LogP contribution in [0.15, 0.2) is 41.9 Å². The molecule has 2 amide bonds. The van der Waals surface area contributed by atoms with E-state index in [1.165, 1.54) is 16.9 Å². The molecule has 0 fully saturated rings. The number of anilines is 1. The number of amides is 2. The summed E-state index contributed by atoms with van der Waals surface area (Å²) in [6.07, 6.45) is 3.50. The maximum Gasteiger partial charge on any atom is 0.328 e. The highest BCUT2D eigenvalue weighted by Crippen LogP contribution is 2.16. The lowest BCUT2D eigenvalue weighted by atomic mass is 10.1. The fourth-order valence-electron chi connectivity index (χ4n) is 3.88. The molecule has 0 spiro atoms. The fraction of sp³-hybridized carbons (Fsp3) is 0.280. The number of rotatable bonds is 11. The molecule has 3 heterocycles. The normalized spacial score (nSPS) is 11.7. The Morgan fingerprint density at radius 3 is 2.59 bits per heavy atom. The van der Waals surface area contributed by atoms with Gasteiger partial charge in [-0.05, 0) is 49.8 Å². The van der Waals surface area contributed by atoms with E-state index in [4.69, 9.17) is 0 Å². The Morgan fingerprint density at radius 1 is 1.11 bits per heavy atom. The molecule has 0 saturated heterocycles. The van der Waals surface area contributed by atoms with Crippen LogP contribution < -0.4 is 16.0 Å². The summed E-state index contributed by atoms with van der Waals surface area (Å²) in [6.45, 7) is 3.71. The van der Waals surface area contributed by atoms with Crippen LogP contribution in [-0.2, 0) is 11.2 Å². The molecule has 3 aromatic heterocycles. The van der Waals surface area contributed by atoms with Crippen molar-refractivity contribution in [1.82, 2.24) is 30.8 Å². The van der Waals surface area contributed by atoms with Gasteiger partial charge < -0.3 is 21.1 Å². The first kappa shape index (κ1) is 25.8. The zero-order chi connectivity index (χ0) is 26.4. The summed E-state index contributed by atoms with van der Waals surface area (Å²) in [4.78, 5) is 45.9. The summed E-state index contributed by atoms with van der Waals surface area (Å²) in [5, 5.41) is 27.5. The molecule has 0 aliphatic rings. The molecular formula is C25H27N7O4S. The van der Waals surface area contributed by atoms with Crippen molar-refractivity contribution in [2.45, 2.75) is 32.7 Å². The molecular weight excluding hydrogens is 494 g/mol. The van der Waals surface area contributed by atoms with Crippen LogP contribution in [0.4, 0.5) is 5.95 Å². The second kappa shape index (κ2) is 11.6. The first-order valence-electron chi connectivity index (χ1n) is 11.7. The number of fused-ring (bicyclic) bond motifs is 1. The van der Waals surface area contributed by atoms with Gasteiger partial charge in [-0.1, -0.05) is 18.2 Å². The minimum atomic E-state index is -1.31. The number of hydrogen-bond donors (Lipinski definition) is 5. The number of thiophene rings is 1. The molecule has 1 aromatic carbocycles. The Hall–Kier alpha value is -4.32. The minimum absolute atomic E-state index is 0.203. The highest BCUT2D eigenvalue weighted by Gasteiger charge is 2.24. The van der Waals surface area contributed by atoms with Crippen molar-refractivity contribution < 1.29 is 19.5 Å². The van der Waals surface area contributed by atoms with Gasteiger partial charge in [0, 0.05) is 18.5 Å². The number of aromatic amines is 1. The summed E-state index contributed by atoms with van der Waals surface area (Å²) in [5.74, 6) is -1.88. The molecule has 0 saturated carbocycles. The first-order chi connectivity index (χ1) is 17.8. The van der Waals surface area contributed by atoms with E-state index in [2.05, 4.69) is 48.2 Å². The molecule has 4 aromatic rings. The van der Waals surface area contributed by atoms with E-state index in [0.717, 1.165) is 23.7 Å². The number of carbonyl (C=O) groups excluding carboxylic acids is 2. The molecule has 1 atom stereocenters. The third-order valence-corrected chi connectivity index (χ3v) is 6.61. The summed E-state index contributed by atoms with van der Waals surface area (Å²) >= 11 is 1.24. The molecule has 11 nitrogen and oxygen atoms in total. The number of carbonyl (C=O) groups is 3. The van der Waals surface area contributed by atoms with Crippen LogP contribution in [0.5, 0.6) is 0 Å². The summed E-state index contributed by atoms with van der Waals surface area (Å²) in [5.41, 5.74) is 3.24. The van der Waals surface area contributed by atoms with Crippen molar-refractivity contribution >= 4 is 46.0 Å². The van der Waals surface area contributed by atoms with Gasteiger partial charge in [0.05, 0.1) is 33.5 Å². The van der Waals surface area contributed by atoms with Crippen molar-refractivity contribution in [3.63, 3.8) is 0 Å². The van der Waals surface area contributed by atoms with Crippen molar-refractivity contribution in [3.8, 4) is 0 Å². The second-order valence-corrected chi connectivity index (χ2v) is 9.41. The maximum absolute atomic E-state index is 12.9. The molecule has 192 valence electrons. The number of hydrogen-bond acceptors (Lipinski definition) is 8. The molecule has 0 bridgehead atoms. The fourth-order valence-corrected chi connectivity index (χ4v) is 4.52. The van der Waals surface area contributed by atoms with E-state index in [1.807, 2.05) is 6.07 Å². The van der Waals surface area contributed by atoms with Gasteiger partial charge in [0.2, 0.25) is 5.95 Å². The summed E-state index contributed by atoms with van der Waals surface area (Å²) in [7, 11) is 0. The summed E-state index contributed by atoms with van der Waals surface area (Å²) in [6, 6.07) is 8.24. The predicted molar refractivity (Wildman–Crippen MR) is 140 cm³/mol. The number of aromatic nitrogens is 4. The molecule has 12 heteroatoms. The highest BCUT2D eigenvalue weighted by molar-refractivity contribution is 7.12. The van der Waals surface area contributed by atoms with Crippen LogP contribution in [0.2, 0.25) is 0 Å². The number of carboxylic acids is 1. The number of nitrogens with one attached hydrogen (secondary N) is 4. The predicted octanol–water partition coefficient (Wildman–Crippen LogP) is 2.69. The van der Waals surface area contributed by atoms with Crippen LogP contribution in [-0.4, -0.2) is 62.2 Å². The first-order valence-corrected chi connectivity index (χ1v) is 12.6. The number of H-pyrrole nitrogens is 1. The summed E-state index contributed by atoms with van der Waals surface area (Å²) < 4.78 is 0. The van der Waals surface area contributed by atoms with Gasteiger partial charge in [0.1, 0.15) is 6.04 Å². The highest BCUT2D eigenvalue weighted by atomic mass is 32.1. The van der Waals surface area contributed by atoms with Crippen molar-refractivity contribution in [2.24, 2.45) is 0 Å². The zero-order valence-electron chi connectivity index (χ0n) is 20.4. The van der Waals surface area contributed by atoms with Gasteiger partial charge in [0.25, 0.3) is 11.8 Å². The lowest BCUT2D eigenvalue weighted by molar-refractivity contribution is -0.139. The maximum atomic E-state index is 12.9. The molecule has 37 heavy (non-hydrogen) atoms. The van der Waals surface area contributed by atoms with Gasteiger partial charge in [-0.3, -0.25) is 14.7 Å². The van der Waals surface area contributed by atoms with Gasteiger partial charge >= 0.3 is 5.97 Å². The van der Waals surface area contributed by atoms with E-state index in [1.54, 1.807) is 37.6 Å². The Kier molecular flexibility index (Phi) is 8.08. The number of nitrogens with zero attached hydrogens (tertiary/aromatic N) is 3. The Morgan fingerprint density at radius 2 is 1.89 bits per heavy atom. The SMILES string of the molecule is Cc1nc(NCCCc2ccc3cn[nH]c3c2)nc(C)c1C(=O)NC(CNC(=O)c1cccs1)C(=O)O. The topological polar surface area (TPSA) is 162 Å². The second-order valence-electron chi connectivity index (χ2n) is 8.47. The zero-order valence-corrected chi connectivity index (χ0v) is 21.2. The lowest BCUT2D eigenvalue weighted by Gasteiger charge is -2.17. The van der Waals surface area contributed by atoms with Crippen LogP contribution in [0, 0.1) is 13.8 Å². The van der Waals surface area contributed by atoms with Crippen molar-refractivity contribution in [3.05, 3.63) is 69.3 Å². The molecule has 1 unspecified atom stereocenters. The van der Waals surface area contributed by atoms with Crippen LogP contribution in [0.25, 0.3) is 10.9 Å². The van der Waals surface area contributed by atoms with Gasteiger partial charge in [-0.25, -0.2) is 14.8 Å². The van der Waals surface area contributed by atoms with E-state index in [-0.39, 0.29) is 12.1 Å². The average Bonchev–Trinajstić information content (AvgIpc) is 3.56. The third kappa shape index (κ3) is 6.47. The smallest absolute Gasteiger partial charge is 0.328 e. The molecule has 0 radical (unpaired) electrons. The molecule has 4 rings (SSSR count). The molecule has 0 aliphatic carbocycles. The molecule has 5 N–H and O–H groups in total. The van der Waals surface area contributed by atoms with Crippen LogP contribution in [0.3, 0.4) is 0 Å². The van der Waals surface area contributed by atoms with Crippen molar-refractivity contribution in [2.75, 3.05) is 18.4 Å². The van der Waals surface area contributed by atoms with Crippen molar-refractivity contribution in [1.29, 1.82) is 0 Å². The standard InChI is InChI=1S/C25H27N7O4S/c1-14-21(23(34)31-19(24(35)36)13-27-22(33)20-6-4-10-37-20)15(2)30-25(29-14)26-9-3-5-16-7-8-17-12-28-32-18(17)11-16/h4,6-8,10-12,19H,3,5,9,13H2,1-2H3,(H,27,33)(H,28,32)(H,31,34)(H,35,36)(H,26,29,30). The number of aliphatic carboxylic acids is 1. The number of aryl methyl sites for hydroxylation is 3. The lowest BCUT2D eigenvalue weighted by Crippen LogP contribution is -2.48. The van der Waals surface area contributed by atoms with E-state index < -0.39 is 23.8 Å². The van der Waals surface area contributed by atoms with Crippen LogP contribution >= 0.6 is 11.3 Å². The van der Waals surface area contributed by atoms with Crippen LogP contribution in [0.1, 0.15) is 43.4 Å². The number of carboxylic acid groups (broad SMARTS) is 1.